The highest BCUT2D eigenvalue weighted by Gasteiger charge is 2.13. The first-order valence-electron chi connectivity index (χ1n) is 8.26. The fourth-order valence-corrected chi connectivity index (χ4v) is 2.39. The summed E-state index contributed by atoms with van der Waals surface area (Å²) < 4.78 is 15.4. The molecule has 0 aromatic heterocycles. The van der Waals surface area contributed by atoms with Crippen molar-refractivity contribution in [3.8, 4) is 11.5 Å². The molecule has 0 heterocycles. The van der Waals surface area contributed by atoms with Gasteiger partial charge in [-0.1, -0.05) is 37.3 Å². The zero-order chi connectivity index (χ0) is 18.9. The topological polar surface area (TPSA) is 73.9 Å². The minimum Gasteiger partial charge on any atom is -0.493 e. The van der Waals surface area contributed by atoms with Crippen LogP contribution in [0.4, 0.5) is 0 Å². The first-order chi connectivity index (χ1) is 12.5. The van der Waals surface area contributed by atoms with Gasteiger partial charge < -0.3 is 19.5 Å². The van der Waals surface area contributed by atoms with Gasteiger partial charge in [-0.25, -0.2) is 4.79 Å². The summed E-state index contributed by atoms with van der Waals surface area (Å²) in [5, 5.41) is 2.85. The Morgan fingerprint density at radius 1 is 1.04 bits per heavy atom. The van der Waals surface area contributed by atoms with E-state index in [0.717, 1.165) is 5.56 Å². The van der Waals surface area contributed by atoms with Crippen LogP contribution in [0.1, 0.15) is 28.8 Å². The predicted octanol–water partition coefficient (Wildman–Crippen LogP) is 2.78. The molecule has 0 bridgehead atoms. The van der Waals surface area contributed by atoms with E-state index < -0.39 is 5.97 Å². The van der Waals surface area contributed by atoms with Gasteiger partial charge in [0.1, 0.15) is 0 Å². The predicted molar refractivity (Wildman–Crippen MR) is 97.7 cm³/mol. The smallest absolute Gasteiger partial charge is 0.337 e. The van der Waals surface area contributed by atoms with Crippen LogP contribution >= 0.6 is 0 Å². The monoisotopic (exact) mass is 357 g/mol. The second-order valence-corrected chi connectivity index (χ2v) is 5.76. The second-order valence-electron chi connectivity index (χ2n) is 5.76. The molecule has 1 atom stereocenters. The number of methoxy groups -OCH3 is 2. The molecule has 6 heteroatoms. The molecule has 0 fully saturated rings. The maximum Gasteiger partial charge on any atom is 0.337 e. The van der Waals surface area contributed by atoms with Crippen LogP contribution in [0.5, 0.6) is 11.5 Å². The summed E-state index contributed by atoms with van der Waals surface area (Å²) in [6, 6.07) is 14.6. The molecule has 2 rings (SSSR count). The van der Waals surface area contributed by atoms with Crippen molar-refractivity contribution in [1.82, 2.24) is 5.32 Å². The highest BCUT2D eigenvalue weighted by Crippen LogP contribution is 2.28. The van der Waals surface area contributed by atoms with Gasteiger partial charge in [-0.05, 0) is 29.7 Å². The number of carbonyl (C=O) groups excluding carboxylic acids is 2. The molecular weight excluding hydrogens is 334 g/mol. The largest absolute Gasteiger partial charge is 0.493 e. The van der Waals surface area contributed by atoms with E-state index in [0.29, 0.717) is 23.6 Å². The lowest BCUT2D eigenvalue weighted by Gasteiger charge is -2.14. The quantitative estimate of drug-likeness (QED) is 0.736. The van der Waals surface area contributed by atoms with E-state index in [1.54, 1.807) is 12.1 Å². The summed E-state index contributed by atoms with van der Waals surface area (Å²) in [7, 11) is 2.77. The van der Waals surface area contributed by atoms with Crippen molar-refractivity contribution in [2.45, 2.75) is 12.8 Å². The Morgan fingerprint density at radius 2 is 1.77 bits per heavy atom. The number of hydrogen-bond acceptors (Lipinski definition) is 5. The molecule has 6 nitrogen and oxygen atoms in total. The highest BCUT2D eigenvalue weighted by atomic mass is 16.5. The van der Waals surface area contributed by atoms with Crippen LogP contribution in [-0.4, -0.2) is 39.2 Å². The van der Waals surface area contributed by atoms with Crippen molar-refractivity contribution in [1.29, 1.82) is 0 Å². The van der Waals surface area contributed by atoms with Crippen LogP contribution in [-0.2, 0) is 9.53 Å². The Labute approximate surface area is 153 Å². The molecule has 0 aliphatic rings. The van der Waals surface area contributed by atoms with Crippen molar-refractivity contribution in [2.75, 3.05) is 27.4 Å². The Balaban J connectivity index is 1.88. The molecule has 0 saturated heterocycles. The Kier molecular flexibility index (Phi) is 7.02. The number of ether oxygens (including phenoxy) is 3. The van der Waals surface area contributed by atoms with E-state index in [9.17, 15) is 9.59 Å². The molecule has 2 aromatic rings. The lowest BCUT2D eigenvalue weighted by Crippen LogP contribution is -2.31. The lowest BCUT2D eigenvalue weighted by atomic mass is 10.0. The van der Waals surface area contributed by atoms with Crippen molar-refractivity contribution in [3.63, 3.8) is 0 Å². The van der Waals surface area contributed by atoms with Crippen LogP contribution in [0.25, 0.3) is 0 Å². The van der Waals surface area contributed by atoms with Gasteiger partial charge in [-0.3, -0.25) is 4.79 Å². The van der Waals surface area contributed by atoms with Gasteiger partial charge in [0.2, 0.25) is 0 Å². The van der Waals surface area contributed by atoms with Gasteiger partial charge in [0.05, 0.1) is 19.8 Å². The van der Waals surface area contributed by atoms with Gasteiger partial charge >= 0.3 is 5.97 Å². The third-order valence-corrected chi connectivity index (χ3v) is 3.92. The summed E-state index contributed by atoms with van der Waals surface area (Å²) in [4.78, 5) is 23.6. The molecule has 1 amide bonds. The standard InChI is InChI=1S/C20H23NO5/c1-14(15-7-5-4-6-8-15)12-21-19(22)13-26-17-10-9-16(20(23)25-3)11-18(17)24-2/h4-11,14H,12-13H2,1-3H3,(H,21,22)/t14-/m1/s1. The minimum atomic E-state index is -0.470. The zero-order valence-electron chi connectivity index (χ0n) is 15.2. The van der Waals surface area contributed by atoms with Gasteiger partial charge in [-0.15, -0.1) is 0 Å². The van der Waals surface area contributed by atoms with Gasteiger partial charge in [0.25, 0.3) is 5.91 Å². The summed E-state index contributed by atoms with van der Waals surface area (Å²) in [6.45, 7) is 2.42. The van der Waals surface area contributed by atoms with Gasteiger partial charge in [-0.2, -0.15) is 0 Å². The average molecular weight is 357 g/mol. The number of nitrogens with one attached hydrogen (secondary N) is 1. The molecule has 0 saturated carbocycles. The molecule has 0 unspecified atom stereocenters. The molecule has 2 aromatic carbocycles. The highest BCUT2D eigenvalue weighted by molar-refractivity contribution is 5.90. The normalized spacial score (nSPS) is 11.3. The third-order valence-electron chi connectivity index (χ3n) is 3.92. The van der Waals surface area contributed by atoms with Crippen molar-refractivity contribution in [3.05, 3.63) is 59.7 Å². The van der Waals surface area contributed by atoms with E-state index in [-0.39, 0.29) is 18.4 Å². The fourth-order valence-electron chi connectivity index (χ4n) is 2.39. The maximum absolute atomic E-state index is 12.0. The molecule has 138 valence electrons. The van der Waals surface area contributed by atoms with E-state index >= 15 is 0 Å². The summed E-state index contributed by atoms with van der Waals surface area (Å²) in [5.74, 6) is 0.244. The SMILES string of the molecule is COC(=O)c1ccc(OCC(=O)NC[C@@H](C)c2ccccc2)c(OC)c1. The van der Waals surface area contributed by atoms with E-state index in [1.807, 2.05) is 37.3 Å². The Hall–Kier alpha value is -3.02. The first kappa shape index (κ1) is 19.3. The Morgan fingerprint density at radius 3 is 2.42 bits per heavy atom. The number of carbonyl (C=O) groups is 2. The molecule has 0 aliphatic heterocycles. The number of rotatable bonds is 8. The number of hydrogen-bond donors (Lipinski definition) is 1. The van der Waals surface area contributed by atoms with E-state index in [4.69, 9.17) is 9.47 Å². The molecular formula is C20H23NO5. The maximum atomic E-state index is 12.0. The number of amides is 1. The number of benzene rings is 2. The summed E-state index contributed by atoms with van der Waals surface area (Å²) in [5.41, 5.74) is 1.51. The second kappa shape index (κ2) is 9.46. The Bertz CT molecular complexity index is 745. The molecule has 0 radical (unpaired) electrons. The van der Waals surface area contributed by atoms with E-state index in [1.165, 1.54) is 20.3 Å². The van der Waals surface area contributed by atoms with Crippen LogP contribution in [0.2, 0.25) is 0 Å². The third kappa shape index (κ3) is 5.24. The first-order valence-corrected chi connectivity index (χ1v) is 8.26. The van der Waals surface area contributed by atoms with Crippen LogP contribution in [0.3, 0.4) is 0 Å². The fraction of sp³-hybridized carbons (Fsp3) is 0.300. The van der Waals surface area contributed by atoms with Crippen molar-refractivity contribution in [2.24, 2.45) is 0 Å². The minimum absolute atomic E-state index is 0.143. The molecule has 0 aliphatic carbocycles. The number of esters is 1. The van der Waals surface area contributed by atoms with Crippen LogP contribution in [0, 0.1) is 0 Å². The molecule has 0 spiro atoms. The average Bonchev–Trinajstić information content (AvgIpc) is 2.70. The summed E-state index contributed by atoms with van der Waals surface area (Å²) in [6.07, 6.45) is 0. The van der Waals surface area contributed by atoms with E-state index in [2.05, 4.69) is 10.1 Å². The summed E-state index contributed by atoms with van der Waals surface area (Å²) >= 11 is 0. The van der Waals surface area contributed by atoms with Crippen LogP contribution < -0.4 is 14.8 Å². The van der Waals surface area contributed by atoms with Gasteiger partial charge in [0, 0.05) is 6.54 Å². The lowest BCUT2D eigenvalue weighted by molar-refractivity contribution is -0.123. The molecule has 26 heavy (non-hydrogen) atoms. The molecule has 1 N–H and O–H groups in total. The zero-order valence-corrected chi connectivity index (χ0v) is 15.2. The van der Waals surface area contributed by atoms with Crippen molar-refractivity contribution < 1.29 is 23.8 Å². The van der Waals surface area contributed by atoms with Crippen LogP contribution in [0.15, 0.2) is 48.5 Å². The van der Waals surface area contributed by atoms with Crippen molar-refractivity contribution >= 4 is 11.9 Å². The van der Waals surface area contributed by atoms with Gasteiger partial charge in [0.15, 0.2) is 18.1 Å².